The van der Waals surface area contributed by atoms with Gasteiger partial charge in [-0.1, -0.05) is 61.9 Å². The number of nitrogens with one attached hydrogen (secondary N) is 1. The number of rotatable bonds is 13. The highest BCUT2D eigenvalue weighted by atomic mass is 32.2. The van der Waals surface area contributed by atoms with Gasteiger partial charge < -0.3 is 15.0 Å². The number of methoxy groups -OCH3 is 1. The van der Waals surface area contributed by atoms with E-state index in [0.29, 0.717) is 24.4 Å². The molecule has 3 aromatic carbocycles. The molecule has 9 heteroatoms. The Bertz CT molecular complexity index is 1340. The van der Waals surface area contributed by atoms with E-state index in [-0.39, 0.29) is 17.3 Å². The number of ether oxygens (including phenoxy) is 1. The van der Waals surface area contributed by atoms with Crippen LogP contribution in [0.3, 0.4) is 0 Å². The minimum atomic E-state index is -4.08. The Balaban J connectivity index is 2.03. The van der Waals surface area contributed by atoms with Gasteiger partial charge in [0.15, 0.2) is 0 Å². The van der Waals surface area contributed by atoms with E-state index in [1.54, 1.807) is 61.7 Å². The largest absolute Gasteiger partial charge is 0.497 e. The predicted octanol–water partition coefficient (Wildman–Crippen LogP) is 4.53. The quantitative estimate of drug-likeness (QED) is 0.337. The Morgan fingerprint density at radius 3 is 2.26 bits per heavy atom. The first-order chi connectivity index (χ1) is 18.7. The molecule has 0 radical (unpaired) electrons. The second-order valence-electron chi connectivity index (χ2n) is 9.25. The zero-order chi connectivity index (χ0) is 28.4. The van der Waals surface area contributed by atoms with Gasteiger partial charge in [0.1, 0.15) is 18.3 Å². The molecule has 3 rings (SSSR count). The van der Waals surface area contributed by atoms with Crippen LogP contribution in [-0.4, -0.2) is 51.4 Å². The van der Waals surface area contributed by atoms with Crippen molar-refractivity contribution in [2.75, 3.05) is 24.5 Å². The lowest BCUT2D eigenvalue weighted by atomic mass is 10.1. The van der Waals surface area contributed by atoms with Gasteiger partial charge in [-0.25, -0.2) is 8.42 Å². The average molecular weight is 552 g/mol. The summed E-state index contributed by atoms with van der Waals surface area (Å²) < 4.78 is 34.1. The van der Waals surface area contributed by atoms with Gasteiger partial charge in [-0.05, 0) is 61.7 Å². The van der Waals surface area contributed by atoms with Crippen molar-refractivity contribution < 1.29 is 22.7 Å². The summed E-state index contributed by atoms with van der Waals surface area (Å²) in [5.41, 5.74) is 2.04. The van der Waals surface area contributed by atoms with Crippen LogP contribution in [0.25, 0.3) is 0 Å². The minimum absolute atomic E-state index is 0.0804. The van der Waals surface area contributed by atoms with Crippen molar-refractivity contribution in [1.29, 1.82) is 0 Å². The number of benzene rings is 3. The Labute approximate surface area is 231 Å². The topological polar surface area (TPSA) is 96.0 Å². The number of amides is 2. The van der Waals surface area contributed by atoms with Crippen LogP contribution < -0.4 is 14.4 Å². The maximum atomic E-state index is 14.0. The highest BCUT2D eigenvalue weighted by Crippen LogP contribution is 2.25. The van der Waals surface area contributed by atoms with Crippen LogP contribution in [0.5, 0.6) is 5.75 Å². The van der Waals surface area contributed by atoms with Crippen LogP contribution in [0.4, 0.5) is 5.69 Å². The van der Waals surface area contributed by atoms with Crippen LogP contribution in [0, 0.1) is 6.92 Å². The molecule has 0 bridgehead atoms. The third kappa shape index (κ3) is 7.60. The minimum Gasteiger partial charge on any atom is -0.497 e. The number of hydrogen-bond donors (Lipinski definition) is 1. The van der Waals surface area contributed by atoms with Crippen LogP contribution in [0.1, 0.15) is 37.8 Å². The van der Waals surface area contributed by atoms with Gasteiger partial charge in [-0.15, -0.1) is 0 Å². The van der Waals surface area contributed by atoms with E-state index >= 15 is 0 Å². The average Bonchev–Trinajstić information content (AvgIpc) is 2.95. The van der Waals surface area contributed by atoms with Crippen molar-refractivity contribution in [1.82, 2.24) is 10.2 Å². The molecule has 0 saturated carbocycles. The molecule has 0 aliphatic carbocycles. The van der Waals surface area contributed by atoms with Gasteiger partial charge in [0.25, 0.3) is 10.0 Å². The van der Waals surface area contributed by atoms with Crippen molar-refractivity contribution in [3.63, 3.8) is 0 Å². The lowest BCUT2D eigenvalue weighted by molar-refractivity contribution is -0.140. The molecular weight excluding hydrogens is 514 g/mol. The van der Waals surface area contributed by atoms with Gasteiger partial charge in [0, 0.05) is 13.1 Å². The SMILES string of the molecule is CCCNC(=O)[C@H](CC)N(Cc1cccc(OC)c1)C(=O)CN(c1ccccc1)S(=O)(=O)c1ccc(C)cc1. The number of anilines is 1. The van der Waals surface area contributed by atoms with Crippen molar-refractivity contribution in [2.24, 2.45) is 0 Å². The Morgan fingerprint density at radius 1 is 0.949 bits per heavy atom. The molecule has 0 aromatic heterocycles. The molecular formula is C30H37N3O5S. The normalized spacial score (nSPS) is 11.9. The molecule has 0 unspecified atom stereocenters. The first-order valence-electron chi connectivity index (χ1n) is 13.1. The summed E-state index contributed by atoms with van der Waals surface area (Å²) >= 11 is 0. The molecule has 1 N–H and O–H groups in total. The number of carbonyl (C=O) groups is 2. The highest BCUT2D eigenvalue weighted by Gasteiger charge is 2.33. The molecule has 2 amide bonds. The number of hydrogen-bond acceptors (Lipinski definition) is 5. The molecule has 0 heterocycles. The molecule has 8 nitrogen and oxygen atoms in total. The molecule has 39 heavy (non-hydrogen) atoms. The summed E-state index contributed by atoms with van der Waals surface area (Å²) in [5.74, 6) is -0.143. The van der Waals surface area contributed by atoms with E-state index in [2.05, 4.69) is 5.32 Å². The lowest BCUT2D eigenvalue weighted by Crippen LogP contribution is -2.52. The van der Waals surface area contributed by atoms with Gasteiger partial charge in [0.05, 0.1) is 17.7 Å². The first-order valence-corrected chi connectivity index (χ1v) is 14.5. The third-order valence-corrected chi connectivity index (χ3v) is 8.14. The smallest absolute Gasteiger partial charge is 0.264 e. The Kier molecular flexibility index (Phi) is 10.5. The monoisotopic (exact) mass is 551 g/mol. The fraction of sp³-hybridized carbons (Fsp3) is 0.333. The van der Waals surface area contributed by atoms with Gasteiger partial charge in [-0.2, -0.15) is 0 Å². The van der Waals surface area contributed by atoms with E-state index < -0.39 is 28.5 Å². The molecule has 0 aliphatic rings. The summed E-state index contributed by atoms with van der Waals surface area (Å²) in [7, 11) is -2.53. The summed E-state index contributed by atoms with van der Waals surface area (Å²) in [5, 5.41) is 2.88. The molecule has 0 spiro atoms. The van der Waals surface area contributed by atoms with E-state index in [4.69, 9.17) is 4.74 Å². The summed E-state index contributed by atoms with van der Waals surface area (Å²) in [6.07, 6.45) is 1.11. The van der Waals surface area contributed by atoms with Gasteiger partial charge >= 0.3 is 0 Å². The Hall–Kier alpha value is -3.85. The summed E-state index contributed by atoms with van der Waals surface area (Å²) in [6, 6.07) is 21.5. The fourth-order valence-corrected chi connectivity index (χ4v) is 5.63. The predicted molar refractivity (Wildman–Crippen MR) is 153 cm³/mol. The fourth-order valence-electron chi connectivity index (χ4n) is 4.21. The number of aryl methyl sites for hydroxylation is 1. The van der Waals surface area contributed by atoms with Crippen molar-refractivity contribution in [3.05, 3.63) is 90.0 Å². The molecule has 0 saturated heterocycles. The molecule has 0 fully saturated rings. The van der Waals surface area contributed by atoms with E-state index in [9.17, 15) is 18.0 Å². The standard InChI is InChI=1S/C30H37N3O5S/c1-5-19-31-30(35)28(6-2)32(21-24-11-10-14-26(20-24)38-4)29(34)22-33(25-12-8-7-9-13-25)39(36,37)27-17-15-23(3)16-18-27/h7-18,20,28H,5-6,19,21-22H2,1-4H3,(H,31,35)/t28-/m0/s1. The maximum absolute atomic E-state index is 14.0. The van der Waals surface area contributed by atoms with Crippen molar-refractivity contribution >= 4 is 27.5 Å². The molecule has 1 atom stereocenters. The number of nitrogens with zero attached hydrogens (tertiary/aromatic N) is 2. The number of sulfonamides is 1. The summed E-state index contributed by atoms with van der Waals surface area (Å²) in [6.45, 7) is 5.78. The zero-order valence-corrected chi connectivity index (χ0v) is 23.8. The molecule has 0 aliphatic heterocycles. The van der Waals surface area contributed by atoms with Crippen LogP contribution in [0.15, 0.2) is 83.8 Å². The lowest BCUT2D eigenvalue weighted by Gasteiger charge is -2.33. The van der Waals surface area contributed by atoms with E-state index in [1.165, 1.54) is 17.0 Å². The first kappa shape index (κ1) is 29.7. The second-order valence-corrected chi connectivity index (χ2v) is 11.1. The molecule has 3 aromatic rings. The van der Waals surface area contributed by atoms with Gasteiger partial charge in [-0.3, -0.25) is 13.9 Å². The van der Waals surface area contributed by atoms with Crippen molar-refractivity contribution in [3.8, 4) is 5.75 Å². The van der Waals surface area contributed by atoms with E-state index in [1.807, 2.05) is 32.9 Å². The van der Waals surface area contributed by atoms with Gasteiger partial charge in [0.2, 0.25) is 11.8 Å². The van der Waals surface area contributed by atoms with Crippen LogP contribution in [0.2, 0.25) is 0 Å². The van der Waals surface area contributed by atoms with E-state index in [0.717, 1.165) is 21.9 Å². The number of para-hydroxylation sites is 1. The molecule has 208 valence electrons. The summed E-state index contributed by atoms with van der Waals surface area (Å²) in [4.78, 5) is 28.7. The zero-order valence-electron chi connectivity index (χ0n) is 23.0. The van der Waals surface area contributed by atoms with Crippen LogP contribution in [-0.2, 0) is 26.2 Å². The second kappa shape index (κ2) is 13.8. The highest BCUT2D eigenvalue weighted by molar-refractivity contribution is 7.92. The Morgan fingerprint density at radius 2 is 1.64 bits per heavy atom. The van der Waals surface area contributed by atoms with Crippen LogP contribution >= 0.6 is 0 Å². The number of carbonyl (C=O) groups excluding carboxylic acids is 2. The van der Waals surface area contributed by atoms with Crippen molar-refractivity contribution in [2.45, 2.75) is 51.1 Å². The third-order valence-electron chi connectivity index (χ3n) is 6.35. The maximum Gasteiger partial charge on any atom is 0.264 e.